The summed E-state index contributed by atoms with van der Waals surface area (Å²) in [5.74, 6) is 0.747. The lowest BCUT2D eigenvalue weighted by Gasteiger charge is -2.32. The van der Waals surface area contributed by atoms with Gasteiger partial charge in [-0.1, -0.05) is 26.0 Å². The van der Waals surface area contributed by atoms with Crippen molar-refractivity contribution >= 4 is 11.6 Å². The fourth-order valence-electron chi connectivity index (χ4n) is 3.34. The van der Waals surface area contributed by atoms with Gasteiger partial charge in [0.2, 0.25) is 5.91 Å². The molecule has 2 aliphatic heterocycles. The molecule has 3 heteroatoms. The molecule has 3 nitrogen and oxygen atoms in total. The Kier molecular flexibility index (Phi) is 3.09. The number of rotatable bonds is 2. The van der Waals surface area contributed by atoms with Crippen LogP contribution in [0.15, 0.2) is 18.2 Å². The normalized spacial score (nSPS) is 22.1. The van der Waals surface area contributed by atoms with Crippen molar-refractivity contribution in [2.75, 3.05) is 18.4 Å². The predicted octanol–water partition coefficient (Wildman–Crippen LogP) is 2.77. The first-order valence-corrected chi connectivity index (χ1v) is 7.34. The van der Waals surface area contributed by atoms with Gasteiger partial charge in [-0.15, -0.1) is 0 Å². The molecule has 0 bridgehead atoms. The Morgan fingerprint density at radius 2 is 2.05 bits per heavy atom. The molecule has 1 saturated heterocycles. The summed E-state index contributed by atoms with van der Waals surface area (Å²) in [4.78, 5) is 12.4. The van der Waals surface area contributed by atoms with Crippen molar-refractivity contribution in [1.29, 1.82) is 0 Å². The van der Waals surface area contributed by atoms with Crippen LogP contribution in [0.3, 0.4) is 0 Å². The standard InChI is InChI=1S/C16H22N2O/c1-3-11(2)12-4-5-13-14(10-12)18-15(19)16(13)6-8-17-9-7-16/h4-5,10-11,17H,3,6-9H2,1-2H3,(H,18,19). The van der Waals surface area contributed by atoms with Gasteiger partial charge in [0, 0.05) is 5.69 Å². The minimum Gasteiger partial charge on any atom is -0.325 e. The summed E-state index contributed by atoms with van der Waals surface area (Å²) in [7, 11) is 0. The molecule has 19 heavy (non-hydrogen) atoms. The molecule has 3 rings (SSSR count). The summed E-state index contributed by atoms with van der Waals surface area (Å²) in [6, 6.07) is 6.56. The highest BCUT2D eigenvalue weighted by atomic mass is 16.2. The average molecular weight is 258 g/mol. The van der Waals surface area contributed by atoms with E-state index >= 15 is 0 Å². The number of amides is 1. The quantitative estimate of drug-likeness (QED) is 0.856. The smallest absolute Gasteiger partial charge is 0.235 e. The molecule has 1 atom stereocenters. The SMILES string of the molecule is CCC(C)c1ccc2c(c1)NC(=O)C21CCNCC1. The molecule has 1 aromatic rings. The third-order valence-electron chi connectivity index (χ3n) is 4.88. The largest absolute Gasteiger partial charge is 0.325 e. The van der Waals surface area contributed by atoms with Crippen LogP contribution in [0.4, 0.5) is 5.69 Å². The van der Waals surface area contributed by atoms with E-state index in [0.717, 1.165) is 38.0 Å². The second kappa shape index (κ2) is 4.64. The van der Waals surface area contributed by atoms with Crippen molar-refractivity contribution in [3.63, 3.8) is 0 Å². The van der Waals surface area contributed by atoms with Crippen LogP contribution >= 0.6 is 0 Å². The number of hydrogen-bond acceptors (Lipinski definition) is 2. The van der Waals surface area contributed by atoms with E-state index in [9.17, 15) is 4.79 Å². The predicted molar refractivity (Wildman–Crippen MR) is 77.6 cm³/mol. The lowest BCUT2D eigenvalue weighted by atomic mass is 9.74. The zero-order valence-corrected chi connectivity index (χ0v) is 11.8. The van der Waals surface area contributed by atoms with E-state index in [0.29, 0.717) is 5.92 Å². The second-order valence-corrected chi connectivity index (χ2v) is 5.90. The highest BCUT2D eigenvalue weighted by Gasteiger charge is 2.47. The maximum atomic E-state index is 12.4. The number of carbonyl (C=O) groups is 1. The monoisotopic (exact) mass is 258 g/mol. The average Bonchev–Trinajstić information content (AvgIpc) is 2.71. The maximum Gasteiger partial charge on any atom is 0.235 e. The van der Waals surface area contributed by atoms with E-state index in [2.05, 4.69) is 42.7 Å². The van der Waals surface area contributed by atoms with Gasteiger partial charge < -0.3 is 10.6 Å². The Labute approximate surface area is 114 Å². The number of fused-ring (bicyclic) bond motifs is 2. The van der Waals surface area contributed by atoms with Crippen LogP contribution in [-0.2, 0) is 10.2 Å². The van der Waals surface area contributed by atoms with Crippen LogP contribution in [0, 0.1) is 0 Å². The van der Waals surface area contributed by atoms with E-state index in [1.165, 1.54) is 11.1 Å². The van der Waals surface area contributed by atoms with Gasteiger partial charge in [0.1, 0.15) is 0 Å². The van der Waals surface area contributed by atoms with Gasteiger partial charge in [0.25, 0.3) is 0 Å². The van der Waals surface area contributed by atoms with E-state index in [-0.39, 0.29) is 11.3 Å². The molecule has 1 spiro atoms. The van der Waals surface area contributed by atoms with E-state index in [4.69, 9.17) is 0 Å². The summed E-state index contributed by atoms with van der Waals surface area (Å²) in [5.41, 5.74) is 3.32. The van der Waals surface area contributed by atoms with Crippen molar-refractivity contribution in [3.05, 3.63) is 29.3 Å². The van der Waals surface area contributed by atoms with Crippen molar-refractivity contribution in [1.82, 2.24) is 5.32 Å². The highest BCUT2D eigenvalue weighted by Crippen LogP contribution is 2.44. The van der Waals surface area contributed by atoms with Gasteiger partial charge in [-0.25, -0.2) is 0 Å². The number of hydrogen-bond donors (Lipinski definition) is 2. The first-order valence-electron chi connectivity index (χ1n) is 7.34. The Balaban J connectivity index is 2.01. The van der Waals surface area contributed by atoms with Crippen LogP contribution in [0.2, 0.25) is 0 Å². The van der Waals surface area contributed by atoms with Crippen molar-refractivity contribution < 1.29 is 4.79 Å². The number of benzene rings is 1. The van der Waals surface area contributed by atoms with Crippen LogP contribution in [-0.4, -0.2) is 19.0 Å². The molecule has 1 unspecified atom stereocenters. The fourth-order valence-corrected chi connectivity index (χ4v) is 3.34. The number of piperidine rings is 1. The Morgan fingerprint density at radius 1 is 1.32 bits per heavy atom. The third kappa shape index (κ3) is 1.88. The number of nitrogens with one attached hydrogen (secondary N) is 2. The Hall–Kier alpha value is -1.35. The van der Waals surface area contributed by atoms with Crippen LogP contribution in [0.25, 0.3) is 0 Å². The first kappa shape index (κ1) is 12.7. The molecule has 1 amide bonds. The molecule has 0 saturated carbocycles. The minimum atomic E-state index is -0.269. The van der Waals surface area contributed by atoms with E-state index in [1.54, 1.807) is 0 Å². The molecule has 0 radical (unpaired) electrons. The summed E-state index contributed by atoms with van der Waals surface area (Å²) in [6.07, 6.45) is 2.95. The molecule has 2 N–H and O–H groups in total. The molecule has 2 aliphatic rings. The minimum absolute atomic E-state index is 0.199. The number of anilines is 1. The number of carbonyl (C=O) groups excluding carboxylic acids is 1. The van der Waals surface area contributed by atoms with E-state index < -0.39 is 0 Å². The zero-order valence-electron chi connectivity index (χ0n) is 11.8. The van der Waals surface area contributed by atoms with Crippen molar-refractivity contribution in [2.45, 2.75) is 44.4 Å². The van der Waals surface area contributed by atoms with Gasteiger partial charge in [-0.05, 0) is 55.5 Å². The Morgan fingerprint density at radius 3 is 2.74 bits per heavy atom. The topological polar surface area (TPSA) is 41.1 Å². The van der Waals surface area contributed by atoms with Gasteiger partial charge in [0.05, 0.1) is 5.41 Å². The molecule has 0 aliphatic carbocycles. The summed E-state index contributed by atoms with van der Waals surface area (Å²) in [6.45, 7) is 6.30. The molecule has 1 aromatic carbocycles. The lowest BCUT2D eigenvalue weighted by Crippen LogP contribution is -2.44. The third-order valence-corrected chi connectivity index (χ3v) is 4.88. The van der Waals surface area contributed by atoms with Crippen LogP contribution in [0.1, 0.15) is 50.2 Å². The first-order chi connectivity index (χ1) is 9.17. The second-order valence-electron chi connectivity index (χ2n) is 5.90. The maximum absolute atomic E-state index is 12.4. The molecular formula is C16H22N2O. The van der Waals surface area contributed by atoms with E-state index in [1.807, 2.05) is 0 Å². The van der Waals surface area contributed by atoms with Gasteiger partial charge in [0.15, 0.2) is 0 Å². The Bertz CT molecular complexity index is 503. The van der Waals surface area contributed by atoms with Crippen LogP contribution < -0.4 is 10.6 Å². The van der Waals surface area contributed by atoms with Crippen molar-refractivity contribution in [3.8, 4) is 0 Å². The van der Waals surface area contributed by atoms with Gasteiger partial charge in [-0.3, -0.25) is 4.79 Å². The van der Waals surface area contributed by atoms with Gasteiger partial charge in [-0.2, -0.15) is 0 Å². The molecular weight excluding hydrogens is 236 g/mol. The summed E-state index contributed by atoms with van der Waals surface area (Å²) >= 11 is 0. The van der Waals surface area contributed by atoms with Crippen LogP contribution in [0.5, 0.6) is 0 Å². The lowest BCUT2D eigenvalue weighted by molar-refractivity contribution is -0.121. The molecule has 102 valence electrons. The van der Waals surface area contributed by atoms with Crippen molar-refractivity contribution in [2.24, 2.45) is 0 Å². The summed E-state index contributed by atoms with van der Waals surface area (Å²) < 4.78 is 0. The highest BCUT2D eigenvalue weighted by molar-refractivity contribution is 6.06. The van der Waals surface area contributed by atoms with Gasteiger partial charge >= 0.3 is 0 Å². The summed E-state index contributed by atoms with van der Waals surface area (Å²) in [5, 5.41) is 6.46. The molecule has 1 fully saturated rings. The molecule has 0 aromatic heterocycles. The zero-order chi connectivity index (χ0) is 13.5. The fraction of sp³-hybridized carbons (Fsp3) is 0.562. The molecule has 2 heterocycles.